The van der Waals surface area contributed by atoms with Gasteiger partial charge in [-0.2, -0.15) is 0 Å². The lowest BCUT2D eigenvalue weighted by atomic mass is 9.87. The molecule has 0 saturated heterocycles. The maximum Gasteiger partial charge on any atom is 0.309 e. The van der Waals surface area contributed by atoms with Crippen LogP contribution in [0.4, 0.5) is 0 Å². The summed E-state index contributed by atoms with van der Waals surface area (Å²) in [6.45, 7) is 3.43. The zero-order valence-corrected chi connectivity index (χ0v) is 9.61. The molecule has 0 fully saturated rings. The first-order valence-corrected chi connectivity index (χ1v) is 4.96. The average molecular weight is 217 g/mol. The van der Waals surface area contributed by atoms with Crippen molar-refractivity contribution in [3.8, 4) is 0 Å². The molecule has 0 aliphatic heterocycles. The lowest BCUT2D eigenvalue weighted by molar-refractivity contribution is -0.153. The van der Waals surface area contributed by atoms with Crippen molar-refractivity contribution < 1.29 is 19.4 Å². The minimum atomic E-state index is -1.00. The van der Waals surface area contributed by atoms with E-state index in [4.69, 9.17) is 9.84 Å². The monoisotopic (exact) mass is 217 g/mol. The van der Waals surface area contributed by atoms with E-state index in [1.54, 1.807) is 6.92 Å². The summed E-state index contributed by atoms with van der Waals surface area (Å²) in [5.74, 6) is -2.69. The summed E-state index contributed by atoms with van der Waals surface area (Å²) in [5, 5.41) is 11.5. The van der Waals surface area contributed by atoms with Crippen LogP contribution in [0.2, 0.25) is 0 Å². The number of aliphatic carboxylic acids is 1. The summed E-state index contributed by atoms with van der Waals surface area (Å²) in [6.07, 6.45) is 0.129. The quantitative estimate of drug-likeness (QED) is 0.679. The van der Waals surface area contributed by atoms with Crippen LogP contribution >= 0.6 is 0 Å². The molecule has 0 aliphatic rings. The van der Waals surface area contributed by atoms with Gasteiger partial charge in [0, 0.05) is 14.2 Å². The molecule has 0 aliphatic carbocycles. The Morgan fingerprint density at radius 1 is 1.47 bits per heavy atom. The number of carboxylic acid groups (broad SMARTS) is 1. The number of carbonyl (C=O) groups excluding carboxylic acids is 1. The van der Waals surface area contributed by atoms with Crippen LogP contribution in [0.3, 0.4) is 0 Å². The zero-order chi connectivity index (χ0) is 12.0. The first-order chi connectivity index (χ1) is 6.99. The Morgan fingerprint density at radius 2 is 2.00 bits per heavy atom. The molecule has 0 bridgehead atoms. The van der Waals surface area contributed by atoms with Crippen LogP contribution in [0, 0.1) is 11.8 Å². The number of rotatable bonds is 6. The van der Waals surface area contributed by atoms with Crippen molar-refractivity contribution in [3.05, 3.63) is 0 Å². The fraction of sp³-hybridized carbons (Fsp3) is 0.800. The van der Waals surface area contributed by atoms with E-state index in [9.17, 15) is 9.59 Å². The second-order valence-corrected chi connectivity index (χ2v) is 3.45. The molecule has 0 aromatic heterocycles. The molecule has 3 atom stereocenters. The second kappa shape index (κ2) is 6.40. The first-order valence-electron chi connectivity index (χ1n) is 4.96. The van der Waals surface area contributed by atoms with Crippen molar-refractivity contribution >= 4 is 11.9 Å². The van der Waals surface area contributed by atoms with Gasteiger partial charge in [0.25, 0.3) is 0 Å². The number of amides is 1. The van der Waals surface area contributed by atoms with Gasteiger partial charge in [0.15, 0.2) is 0 Å². The Kier molecular flexibility index (Phi) is 5.93. The Bertz CT molecular complexity index is 225. The molecule has 5 nitrogen and oxygen atoms in total. The summed E-state index contributed by atoms with van der Waals surface area (Å²) < 4.78 is 5.08. The Balaban J connectivity index is 4.79. The van der Waals surface area contributed by atoms with Crippen LogP contribution in [0.5, 0.6) is 0 Å². The molecule has 0 aromatic carbocycles. The Labute approximate surface area is 89.8 Å². The Hall–Kier alpha value is -1.10. The topological polar surface area (TPSA) is 75.6 Å². The number of hydrogen-bond donors (Lipinski definition) is 2. The summed E-state index contributed by atoms with van der Waals surface area (Å²) in [7, 11) is 2.95. The molecule has 0 spiro atoms. The summed E-state index contributed by atoms with van der Waals surface area (Å²) in [4.78, 5) is 22.4. The van der Waals surface area contributed by atoms with E-state index in [-0.39, 0.29) is 5.91 Å². The highest BCUT2D eigenvalue weighted by Gasteiger charge is 2.35. The van der Waals surface area contributed by atoms with E-state index in [0.717, 1.165) is 0 Å². The molecule has 15 heavy (non-hydrogen) atoms. The van der Waals surface area contributed by atoms with E-state index >= 15 is 0 Å². The number of nitrogens with one attached hydrogen (secondary N) is 1. The second-order valence-electron chi connectivity index (χ2n) is 3.45. The molecule has 0 heterocycles. The van der Waals surface area contributed by atoms with Crippen molar-refractivity contribution in [3.63, 3.8) is 0 Å². The van der Waals surface area contributed by atoms with Gasteiger partial charge in [-0.25, -0.2) is 0 Å². The third-order valence-corrected chi connectivity index (χ3v) is 2.59. The van der Waals surface area contributed by atoms with Crippen molar-refractivity contribution in [1.29, 1.82) is 0 Å². The van der Waals surface area contributed by atoms with E-state index in [0.29, 0.717) is 6.42 Å². The molecular weight excluding hydrogens is 198 g/mol. The molecule has 0 radical (unpaired) electrons. The predicted octanol–water partition coefficient (Wildman–Crippen LogP) is 0.494. The fourth-order valence-corrected chi connectivity index (χ4v) is 1.65. The summed E-state index contributed by atoms with van der Waals surface area (Å²) in [6, 6.07) is 0. The normalized spacial score (nSPS) is 16.5. The predicted molar refractivity (Wildman–Crippen MR) is 55.4 cm³/mol. The zero-order valence-electron chi connectivity index (χ0n) is 9.61. The van der Waals surface area contributed by atoms with E-state index < -0.39 is 23.9 Å². The number of carboxylic acids is 1. The van der Waals surface area contributed by atoms with Crippen molar-refractivity contribution in [1.82, 2.24) is 5.32 Å². The highest BCUT2D eigenvalue weighted by molar-refractivity contribution is 5.84. The molecule has 1 amide bonds. The van der Waals surface area contributed by atoms with Crippen molar-refractivity contribution in [2.45, 2.75) is 26.4 Å². The molecule has 5 heteroatoms. The van der Waals surface area contributed by atoms with Gasteiger partial charge in [0.05, 0.1) is 17.9 Å². The van der Waals surface area contributed by atoms with Gasteiger partial charge in [0.2, 0.25) is 5.91 Å². The molecule has 3 unspecified atom stereocenters. The largest absolute Gasteiger partial charge is 0.481 e. The van der Waals surface area contributed by atoms with Crippen LogP contribution in [-0.2, 0) is 14.3 Å². The first kappa shape index (κ1) is 13.9. The van der Waals surface area contributed by atoms with Crippen LogP contribution < -0.4 is 5.32 Å². The number of carbonyl (C=O) groups is 2. The van der Waals surface area contributed by atoms with E-state index in [1.165, 1.54) is 14.2 Å². The van der Waals surface area contributed by atoms with Crippen LogP contribution in [0.1, 0.15) is 20.3 Å². The van der Waals surface area contributed by atoms with Crippen molar-refractivity contribution in [2.24, 2.45) is 11.8 Å². The molecule has 0 rings (SSSR count). The molecular formula is C10H19NO4. The van der Waals surface area contributed by atoms with Gasteiger partial charge < -0.3 is 15.2 Å². The van der Waals surface area contributed by atoms with Crippen LogP contribution in [0.15, 0.2) is 0 Å². The summed E-state index contributed by atoms with van der Waals surface area (Å²) in [5.41, 5.74) is 0. The van der Waals surface area contributed by atoms with Crippen LogP contribution in [0.25, 0.3) is 0 Å². The number of methoxy groups -OCH3 is 1. The SMILES string of the molecule is CCC(OC)C(C(=O)O)C(C)C(=O)NC. The van der Waals surface area contributed by atoms with Gasteiger partial charge in [-0.3, -0.25) is 9.59 Å². The Morgan fingerprint density at radius 3 is 2.27 bits per heavy atom. The third kappa shape index (κ3) is 3.51. The highest BCUT2D eigenvalue weighted by Crippen LogP contribution is 2.21. The van der Waals surface area contributed by atoms with Crippen LogP contribution in [-0.4, -0.2) is 37.2 Å². The maximum atomic E-state index is 11.4. The molecule has 88 valence electrons. The van der Waals surface area contributed by atoms with Gasteiger partial charge in [0.1, 0.15) is 0 Å². The molecule has 0 aromatic rings. The van der Waals surface area contributed by atoms with Gasteiger partial charge in [-0.05, 0) is 6.42 Å². The van der Waals surface area contributed by atoms with Gasteiger partial charge in [-0.1, -0.05) is 13.8 Å². The third-order valence-electron chi connectivity index (χ3n) is 2.59. The van der Waals surface area contributed by atoms with Crippen molar-refractivity contribution in [2.75, 3.05) is 14.2 Å². The molecule has 2 N–H and O–H groups in total. The minimum absolute atomic E-state index is 0.280. The molecule has 0 saturated carbocycles. The standard InChI is InChI=1S/C10H19NO4/c1-5-7(15-4)8(10(13)14)6(2)9(12)11-3/h6-8H,5H2,1-4H3,(H,11,12)(H,13,14). The van der Waals surface area contributed by atoms with Gasteiger partial charge >= 0.3 is 5.97 Å². The van der Waals surface area contributed by atoms with E-state index in [1.807, 2.05) is 6.92 Å². The number of hydrogen-bond acceptors (Lipinski definition) is 3. The van der Waals surface area contributed by atoms with E-state index in [2.05, 4.69) is 5.32 Å². The smallest absolute Gasteiger partial charge is 0.309 e. The summed E-state index contributed by atoms with van der Waals surface area (Å²) >= 11 is 0. The van der Waals surface area contributed by atoms with Gasteiger partial charge in [-0.15, -0.1) is 0 Å². The fourth-order valence-electron chi connectivity index (χ4n) is 1.65. The minimum Gasteiger partial charge on any atom is -0.481 e. The number of ether oxygens (including phenoxy) is 1. The highest BCUT2D eigenvalue weighted by atomic mass is 16.5. The maximum absolute atomic E-state index is 11.4. The average Bonchev–Trinajstić information content (AvgIpc) is 2.22. The lowest BCUT2D eigenvalue weighted by Crippen LogP contribution is -2.41. The lowest BCUT2D eigenvalue weighted by Gasteiger charge is -2.25.